The standard InChI is InChI=1S/C27H37ClN4O3S/c1-5-32(19-8-6-18(7-9-19)31-13-20(14-31)35-4)27-17(3)24-23(36-27)10-11-30(26(24)34)15-21-22(28)12-16(2)29-25(21)33/h12,18-20H,5-11,13-15H2,1-4H3,(H,29,33). The number of carbonyl (C=O) groups is 1. The predicted molar refractivity (Wildman–Crippen MR) is 146 cm³/mol. The molecular weight excluding hydrogens is 496 g/mol. The van der Waals surface area contributed by atoms with E-state index in [1.54, 1.807) is 29.2 Å². The van der Waals surface area contributed by atoms with Gasteiger partial charge in [0.05, 0.1) is 33.8 Å². The molecule has 1 aliphatic carbocycles. The summed E-state index contributed by atoms with van der Waals surface area (Å²) in [5.41, 5.74) is 2.88. The van der Waals surface area contributed by atoms with Gasteiger partial charge in [0, 0.05) is 62.4 Å². The lowest BCUT2D eigenvalue weighted by atomic mass is 9.87. The van der Waals surface area contributed by atoms with Gasteiger partial charge in [-0.15, -0.1) is 11.3 Å². The number of nitrogens with one attached hydrogen (secondary N) is 1. The van der Waals surface area contributed by atoms with Crippen molar-refractivity contribution in [3.05, 3.63) is 48.7 Å². The lowest BCUT2D eigenvalue weighted by Gasteiger charge is -2.47. The minimum Gasteiger partial charge on any atom is -0.379 e. The Kier molecular flexibility index (Phi) is 7.50. The van der Waals surface area contributed by atoms with Crippen molar-refractivity contribution in [2.45, 2.75) is 77.6 Å². The molecule has 0 aromatic carbocycles. The molecule has 5 rings (SSSR count). The van der Waals surface area contributed by atoms with Crippen LogP contribution in [0, 0.1) is 13.8 Å². The van der Waals surface area contributed by atoms with Gasteiger partial charge in [0.15, 0.2) is 0 Å². The van der Waals surface area contributed by atoms with Gasteiger partial charge in [-0.3, -0.25) is 14.5 Å². The maximum atomic E-state index is 13.6. The molecule has 3 aliphatic rings. The Bertz CT molecular complexity index is 1180. The van der Waals surface area contributed by atoms with Crippen LogP contribution in [0.1, 0.15) is 64.7 Å². The van der Waals surface area contributed by atoms with Gasteiger partial charge in [-0.2, -0.15) is 0 Å². The van der Waals surface area contributed by atoms with Crippen LogP contribution in [-0.4, -0.2) is 72.2 Å². The van der Waals surface area contributed by atoms with E-state index in [0.717, 1.165) is 42.9 Å². The number of amides is 1. The highest BCUT2D eigenvalue weighted by atomic mass is 35.5. The summed E-state index contributed by atoms with van der Waals surface area (Å²) < 4.78 is 5.46. The fourth-order valence-electron chi connectivity index (χ4n) is 6.17. The summed E-state index contributed by atoms with van der Waals surface area (Å²) in [7, 11) is 1.81. The first-order valence-corrected chi connectivity index (χ1v) is 14.3. The molecule has 1 amide bonds. The summed E-state index contributed by atoms with van der Waals surface area (Å²) >= 11 is 8.16. The van der Waals surface area contributed by atoms with Crippen LogP contribution in [0.5, 0.6) is 0 Å². The zero-order valence-electron chi connectivity index (χ0n) is 21.7. The van der Waals surface area contributed by atoms with E-state index in [4.69, 9.17) is 16.3 Å². The quantitative estimate of drug-likeness (QED) is 0.573. The smallest absolute Gasteiger partial charge is 0.255 e. The van der Waals surface area contributed by atoms with E-state index < -0.39 is 0 Å². The molecule has 2 aliphatic heterocycles. The first kappa shape index (κ1) is 25.8. The third kappa shape index (κ3) is 4.73. The van der Waals surface area contributed by atoms with Crippen molar-refractivity contribution >= 4 is 33.8 Å². The first-order valence-electron chi connectivity index (χ1n) is 13.1. The number of aryl methyl sites for hydroxylation is 1. The molecule has 0 bridgehead atoms. The molecule has 2 aromatic rings. The second kappa shape index (κ2) is 10.5. The van der Waals surface area contributed by atoms with Crippen LogP contribution in [0.2, 0.25) is 5.02 Å². The van der Waals surface area contributed by atoms with E-state index in [1.807, 2.05) is 7.11 Å². The lowest BCUT2D eigenvalue weighted by Crippen LogP contribution is -2.57. The molecule has 0 atom stereocenters. The summed E-state index contributed by atoms with van der Waals surface area (Å²) in [6, 6.07) is 2.94. The topological polar surface area (TPSA) is 68.9 Å². The number of H-pyrrole nitrogens is 1. The monoisotopic (exact) mass is 532 g/mol. The number of anilines is 1. The van der Waals surface area contributed by atoms with Gasteiger partial charge >= 0.3 is 0 Å². The Morgan fingerprint density at radius 3 is 2.56 bits per heavy atom. The zero-order chi connectivity index (χ0) is 25.6. The van der Waals surface area contributed by atoms with E-state index in [1.165, 1.54) is 35.6 Å². The van der Waals surface area contributed by atoms with Gasteiger partial charge in [0.25, 0.3) is 11.5 Å². The summed E-state index contributed by atoms with van der Waals surface area (Å²) in [5, 5.41) is 1.66. The second-order valence-corrected chi connectivity index (χ2v) is 12.0. The van der Waals surface area contributed by atoms with Gasteiger partial charge in [0.2, 0.25) is 0 Å². The molecule has 1 saturated heterocycles. The molecule has 2 aromatic heterocycles. The summed E-state index contributed by atoms with van der Waals surface area (Å²) in [5.74, 6) is 0.0116. The summed E-state index contributed by atoms with van der Waals surface area (Å²) in [4.78, 5) is 37.0. The third-order valence-electron chi connectivity index (χ3n) is 8.30. The Hall–Kier alpha value is -1.87. The van der Waals surface area contributed by atoms with Gasteiger partial charge in [-0.25, -0.2) is 0 Å². The highest BCUT2D eigenvalue weighted by molar-refractivity contribution is 7.16. The molecule has 0 radical (unpaired) electrons. The largest absolute Gasteiger partial charge is 0.379 e. The molecule has 2 fully saturated rings. The molecule has 1 N–H and O–H groups in total. The van der Waals surface area contributed by atoms with Gasteiger partial charge in [-0.05, 0) is 58.1 Å². The number of ether oxygens (including phenoxy) is 1. The number of carbonyl (C=O) groups excluding carboxylic acids is 1. The van der Waals surface area contributed by atoms with Crippen molar-refractivity contribution in [2.75, 3.05) is 38.2 Å². The van der Waals surface area contributed by atoms with Crippen LogP contribution < -0.4 is 10.5 Å². The second-order valence-electron chi connectivity index (χ2n) is 10.5. The lowest BCUT2D eigenvalue weighted by molar-refractivity contribution is -0.0578. The molecular formula is C27H37ClN4O3S. The van der Waals surface area contributed by atoms with Crippen LogP contribution >= 0.6 is 22.9 Å². The van der Waals surface area contributed by atoms with Crippen LogP contribution in [0.3, 0.4) is 0 Å². The van der Waals surface area contributed by atoms with Crippen molar-refractivity contribution in [1.82, 2.24) is 14.8 Å². The van der Waals surface area contributed by atoms with Crippen molar-refractivity contribution in [3.8, 4) is 0 Å². The van der Waals surface area contributed by atoms with E-state index >= 15 is 0 Å². The number of methoxy groups -OCH3 is 1. The molecule has 196 valence electrons. The molecule has 36 heavy (non-hydrogen) atoms. The van der Waals surface area contributed by atoms with Crippen molar-refractivity contribution < 1.29 is 9.53 Å². The minimum atomic E-state index is -0.218. The average molecular weight is 533 g/mol. The van der Waals surface area contributed by atoms with Gasteiger partial charge < -0.3 is 19.5 Å². The number of nitrogens with zero attached hydrogens (tertiary/aromatic N) is 3. The Balaban J connectivity index is 1.30. The Morgan fingerprint density at radius 1 is 1.19 bits per heavy atom. The highest BCUT2D eigenvalue weighted by Crippen LogP contribution is 2.42. The van der Waals surface area contributed by atoms with Crippen LogP contribution in [0.15, 0.2) is 10.9 Å². The number of thiophene rings is 1. The molecule has 0 spiro atoms. The van der Waals surface area contributed by atoms with Crippen molar-refractivity contribution in [1.29, 1.82) is 0 Å². The first-order chi connectivity index (χ1) is 17.3. The average Bonchev–Trinajstić information content (AvgIpc) is 3.15. The number of halogens is 1. The van der Waals surface area contributed by atoms with Crippen LogP contribution in [0.4, 0.5) is 5.00 Å². The van der Waals surface area contributed by atoms with Crippen LogP contribution in [-0.2, 0) is 17.7 Å². The highest BCUT2D eigenvalue weighted by Gasteiger charge is 2.37. The molecule has 1 saturated carbocycles. The van der Waals surface area contributed by atoms with E-state index in [9.17, 15) is 9.59 Å². The Morgan fingerprint density at radius 2 is 1.92 bits per heavy atom. The number of rotatable bonds is 7. The van der Waals surface area contributed by atoms with Gasteiger partial charge in [-0.1, -0.05) is 11.6 Å². The SMILES string of the molecule is CCN(c1sc2c(c1C)C(=O)N(Cc1c(Cl)cc(C)[nH]c1=O)CC2)C1CCC(N2CC(OC)C2)CC1. The van der Waals surface area contributed by atoms with E-state index in [0.29, 0.717) is 35.3 Å². The van der Waals surface area contributed by atoms with E-state index in [-0.39, 0.29) is 18.0 Å². The number of aromatic amines is 1. The van der Waals surface area contributed by atoms with Crippen LogP contribution in [0.25, 0.3) is 0 Å². The van der Waals surface area contributed by atoms with Gasteiger partial charge in [0.1, 0.15) is 0 Å². The summed E-state index contributed by atoms with van der Waals surface area (Å²) in [6.07, 6.45) is 6.04. The number of aromatic nitrogens is 1. The number of fused-ring (bicyclic) bond motifs is 1. The number of likely N-dealkylation sites (tertiary alicyclic amines) is 1. The molecule has 4 heterocycles. The van der Waals surface area contributed by atoms with Crippen molar-refractivity contribution in [2.24, 2.45) is 0 Å². The van der Waals surface area contributed by atoms with Crippen molar-refractivity contribution in [3.63, 3.8) is 0 Å². The maximum Gasteiger partial charge on any atom is 0.255 e. The fourth-order valence-corrected chi connectivity index (χ4v) is 7.90. The minimum absolute atomic E-state index is 0.0116. The third-order valence-corrected chi connectivity index (χ3v) is 10.0. The van der Waals surface area contributed by atoms with E-state index in [2.05, 4.69) is 28.6 Å². The normalized spacial score (nSPS) is 23.0. The predicted octanol–water partition coefficient (Wildman–Crippen LogP) is 4.37. The number of pyridine rings is 1. The molecule has 9 heteroatoms. The zero-order valence-corrected chi connectivity index (χ0v) is 23.3. The fraction of sp³-hybridized carbons (Fsp3) is 0.630. The maximum absolute atomic E-state index is 13.6. The number of hydrogen-bond acceptors (Lipinski definition) is 6. The molecule has 7 nitrogen and oxygen atoms in total. The summed E-state index contributed by atoms with van der Waals surface area (Å²) in [6.45, 7) is 10.0. The Labute approximate surface area is 222 Å². The number of hydrogen-bond donors (Lipinski definition) is 1. The molecule has 0 unspecified atom stereocenters.